The van der Waals surface area contributed by atoms with Crippen LogP contribution in [0.5, 0.6) is 0 Å². The van der Waals surface area contributed by atoms with Gasteiger partial charge >= 0.3 is 0 Å². The van der Waals surface area contributed by atoms with E-state index in [2.05, 4.69) is 5.32 Å². The highest BCUT2D eigenvalue weighted by atomic mass is 19.1. The van der Waals surface area contributed by atoms with Crippen LogP contribution in [0.4, 0.5) is 4.39 Å². The normalized spacial score (nSPS) is 17.8. The molecule has 0 bridgehead atoms. The molecule has 1 N–H and O–H groups in total. The molecule has 188 valence electrons. The first kappa shape index (κ1) is 23.4. The molecule has 2 aliphatic heterocycles. The van der Waals surface area contributed by atoms with Crippen molar-refractivity contribution in [1.29, 1.82) is 0 Å². The fourth-order valence-electron chi connectivity index (χ4n) is 5.52. The van der Waals surface area contributed by atoms with E-state index in [9.17, 15) is 14.0 Å². The molecule has 2 fully saturated rings. The van der Waals surface area contributed by atoms with Crippen LogP contribution in [0.15, 0.2) is 79.0 Å². The highest BCUT2D eigenvalue weighted by Gasteiger charge is 2.35. The molecule has 37 heavy (non-hydrogen) atoms. The summed E-state index contributed by atoms with van der Waals surface area (Å²) in [7, 11) is 1.95. The lowest BCUT2D eigenvalue weighted by molar-refractivity contribution is 0.0553. The van der Waals surface area contributed by atoms with E-state index >= 15 is 0 Å². The third-order valence-electron chi connectivity index (χ3n) is 7.51. The van der Waals surface area contributed by atoms with Gasteiger partial charge in [-0.25, -0.2) is 4.39 Å². The second kappa shape index (κ2) is 9.48. The van der Waals surface area contributed by atoms with Gasteiger partial charge in [-0.15, -0.1) is 0 Å². The van der Waals surface area contributed by atoms with Gasteiger partial charge < -0.3 is 19.7 Å². The van der Waals surface area contributed by atoms with Crippen LogP contribution in [0.2, 0.25) is 0 Å². The summed E-state index contributed by atoms with van der Waals surface area (Å²) in [5.74, 6) is -0.207. The summed E-state index contributed by atoms with van der Waals surface area (Å²) in [6, 6.07) is 22.1. The zero-order valence-electron chi connectivity index (χ0n) is 20.7. The van der Waals surface area contributed by atoms with E-state index in [4.69, 9.17) is 0 Å². The minimum absolute atomic E-state index is 0.00120. The van der Waals surface area contributed by atoms with Crippen LogP contribution in [0, 0.1) is 5.82 Å². The summed E-state index contributed by atoms with van der Waals surface area (Å²) < 4.78 is 15.9. The number of carbonyl (C=O) groups excluding carboxylic acids is 2. The van der Waals surface area contributed by atoms with Crippen LogP contribution in [0.25, 0.3) is 22.0 Å². The number of likely N-dealkylation sites (tertiary alicyclic amines) is 2. The molecule has 3 aromatic carbocycles. The minimum Gasteiger partial charge on any atom is -0.350 e. The topological polar surface area (TPSA) is 57.6 Å². The first-order valence-corrected chi connectivity index (χ1v) is 12.7. The van der Waals surface area contributed by atoms with Gasteiger partial charge in [0.05, 0.1) is 0 Å². The van der Waals surface area contributed by atoms with Gasteiger partial charge in [0.15, 0.2) is 0 Å². The van der Waals surface area contributed by atoms with Crippen molar-refractivity contribution in [2.75, 3.05) is 26.2 Å². The van der Waals surface area contributed by atoms with Crippen molar-refractivity contribution in [3.8, 4) is 11.1 Å². The third-order valence-corrected chi connectivity index (χ3v) is 7.51. The average Bonchev–Trinajstić information content (AvgIpc) is 3.50. The van der Waals surface area contributed by atoms with Crippen LogP contribution in [-0.4, -0.2) is 64.4 Å². The van der Waals surface area contributed by atoms with Crippen molar-refractivity contribution in [2.45, 2.75) is 18.5 Å². The van der Waals surface area contributed by atoms with Gasteiger partial charge in [-0.05, 0) is 54.4 Å². The van der Waals surface area contributed by atoms with Gasteiger partial charge in [0.25, 0.3) is 11.8 Å². The van der Waals surface area contributed by atoms with E-state index in [0.29, 0.717) is 25.2 Å². The predicted octanol–water partition coefficient (Wildman–Crippen LogP) is 4.31. The Bertz CT molecular complexity index is 1480. The Balaban J connectivity index is 1.09. The van der Waals surface area contributed by atoms with Crippen molar-refractivity contribution in [3.05, 3.63) is 95.9 Å². The monoisotopic (exact) mass is 496 g/mol. The molecule has 6 rings (SSSR count). The Morgan fingerprint density at radius 3 is 2.38 bits per heavy atom. The molecule has 0 radical (unpaired) electrons. The standard InChI is InChI=1S/C30H29FN4O2/c1-33-19-27(21-8-5-9-23(31)14-21)26-15-22(10-11-28(26)33)30(37)35-17-25(18-35)32-24-12-13-34(16-24)29(36)20-6-3-2-4-7-20/h2-11,14-15,19,24-25,32H,12-13,16-18H2,1H3/t24-/m0/s1. The number of hydrogen-bond donors (Lipinski definition) is 1. The number of aryl methyl sites for hydroxylation is 1. The zero-order valence-corrected chi connectivity index (χ0v) is 20.7. The number of nitrogens with zero attached hydrogens (tertiary/aromatic N) is 3. The number of hydrogen-bond acceptors (Lipinski definition) is 3. The van der Waals surface area contributed by atoms with Gasteiger partial charge in [-0.2, -0.15) is 0 Å². The molecule has 0 aliphatic carbocycles. The maximum atomic E-state index is 13.9. The summed E-state index contributed by atoms with van der Waals surface area (Å²) in [6.07, 6.45) is 2.89. The van der Waals surface area contributed by atoms with Crippen molar-refractivity contribution in [3.63, 3.8) is 0 Å². The Labute approximate surface area is 215 Å². The fraction of sp³-hybridized carbons (Fsp3) is 0.267. The first-order valence-electron chi connectivity index (χ1n) is 12.7. The Hall–Kier alpha value is -3.97. The van der Waals surface area contributed by atoms with Gasteiger partial charge in [0, 0.05) is 79.1 Å². The molecule has 2 aliphatic rings. The summed E-state index contributed by atoms with van der Waals surface area (Å²) >= 11 is 0. The highest BCUT2D eigenvalue weighted by molar-refractivity contribution is 6.03. The molecule has 7 heteroatoms. The zero-order chi connectivity index (χ0) is 25.5. The van der Waals surface area contributed by atoms with Crippen LogP contribution >= 0.6 is 0 Å². The van der Waals surface area contributed by atoms with Crippen LogP contribution in [-0.2, 0) is 7.05 Å². The maximum absolute atomic E-state index is 13.9. The fourth-order valence-corrected chi connectivity index (χ4v) is 5.52. The minimum atomic E-state index is -0.282. The molecule has 0 saturated carbocycles. The number of rotatable bonds is 5. The first-order chi connectivity index (χ1) is 18.0. The number of aromatic nitrogens is 1. The highest BCUT2D eigenvalue weighted by Crippen LogP contribution is 2.32. The molecule has 6 nitrogen and oxygen atoms in total. The summed E-state index contributed by atoms with van der Waals surface area (Å²) in [5, 5.41) is 4.56. The molecule has 2 saturated heterocycles. The van der Waals surface area contributed by atoms with Crippen molar-refractivity contribution in [2.24, 2.45) is 7.05 Å². The van der Waals surface area contributed by atoms with E-state index in [1.54, 1.807) is 6.07 Å². The van der Waals surface area contributed by atoms with Gasteiger partial charge in [-0.1, -0.05) is 30.3 Å². The SMILES string of the molecule is Cn1cc(-c2cccc(F)c2)c2cc(C(=O)N3CC(N[C@H]4CCN(C(=O)c5ccccc5)C4)C3)ccc21. The van der Waals surface area contributed by atoms with Crippen LogP contribution in [0.3, 0.4) is 0 Å². The Morgan fingerprint density at radius 1 is 0.838 bits per heavy atom. The number of benzene rings is 3. The molecule has 0 unspecified atom stereocenters. The molecule has 3 heterocycles. The molecule has 0 spiro atoms. The van der Waals surface area contributed by atoms with E-state index in [-0.39, 0.29) is 29.7 Å². The van der Waals surface area contributed by atoms with E-state index in [0.717, 1.165) is 40.6 Å². The number of fused-ring (bicyclic) bond motifs is 1. The Morgan fingerprint density at radius 2 is 1.59 bits per heavy atom. The summed E-state index contributed by atoms with van der Waals surface area (Å²) in [5.41, 5.74) is 4.05. The second-order valence-corrected chi connectivity index (χ2v) is 10.1. The number of nitrogens with one attached hydrogen (secondary N) is 1. The van der Waals surface area contributed by atoms with Crippen molar-refractivity contribution >= 4 is 22.7 Å². The summed E-state index contributed by atoms with van der Waals surface area (Å²) in [4.78, 5) is 29.7. The lowest BCUT2D eigenvalue weighted by atomic mass is 10.0. The molecule has 2 amide bonds. The van der Waals surface area contributed by atoms with Crippen LogP contribution in [0.1, 0.15) is 27.1 Å². The maximum Gasteiger partial charge on any atom is 0.253 e. The third kappa shape index (κ3) is 4.51. The molecular weight excluding hydrogens is 467 g/mol. The quantitative estimate of drug-likeness (QED) is 0.448. The second-order valence-electron chi connectivity index (χ2n) is 10.1. The molecule has 1 atom stereocenters. The summed E-state index contributed by atoms with van der Waals surface area (Å²) in [6.45, 7) is 2.72. The molecule has 1 aromatic heterocycles. The lowest BCUT2D eigenvalue weighted by Gasteiger charge is -2.41. The van der Waals surface area contributed by atoms with Crippen molar-refractivity contribution in [1.82, 2.24) is 19.7 Å². The Kier molecular flexibility index (Phi) is 6.00. The average molecular weight is 497 g/mol. The smallest absolute Gasteiger partial charge is 0.253 e. The van der Waals surface area contributed by atoms with Gasteiger partial charge in [0.1, 0.15) is 5.82 Å². The lowest BCUT2D eigenvalue weighted by Crippen LogP contribution is -2.62. The largest absolute Gasteiger partial charge is 0.350 e. The van der Waals surface area contributed by atoms with E-state index in [1.165, 1.54) is 12.1 Å². The number of amides is 2. The van der Waals surface area contributed by atoms with E-state index < -0.39 is 0 Å². The molecule has 4 aromatic rings. The van der Waals surface area contributed by atoms with Gasteiger partial charge in [-0.3, -0.25) is 9.59 Å². The number of carbonyl (C=O) groups is 2. The van der Waals surface area contributed by atoms with E-state index in [1.807, 2.05) is 82.2 Å². The molecular formula is C30H29FN4O2. The van der Waals surface area contributed by atoms with Gasteiger partial charge in [0.2, 0.25) is 0 Å². The van der Waals surface area contributed by atoms with Crippen molar-refractivity contribution < 1.29 is 14.0 Å². The number of halogens is 1. The predicted molar refractivity (Wildman–Crippen MR) is 142 cm³/mol. The van der Waals surface area contributed by atoms with Crippen LogP contribution < -0.4 is 5.32 Å².